The molecule has 0 spiro atoms. The molecule has 1 aromatic carbocycles. The standard InChI is InChI=1S/C17H20N2O2S/c1-12(19(3)10-14-7-8-22-11-14)17(21)18-16-6-4-5-15(9-16)13(2)20/h4-9,11-12H,10H2,1-3H3,(H,18,21)/t12-/m1/s1. The van der Waals surface area contributed by atoms with Crippen LogP contribution in [0.3, 0.4) is 0 Å². The summed E-state index contributed by atoms with van der Waals surface area (Å²) < 4.78 is 0. The molecule has 22 heavy (non-hydrogen) atoms. The highest BCUT2D eigenvalue weighted by Gasteiger charge is 2.18. The van der Waals surface area contributed by atoms with E-state index in [4.69, 9.17) is 0 Å². The largest absolute Gasteiger partial charge is 0.325 e. The average molecular weight is 316 g/mol. The molecule has 2 rings (SSSR count). The van der Waals surface area contributed by atoms with E-state index in [0.717, 1.165) is 6.54 Å². The lowest BCUT2D eigenvalue weighted by atomic mass is 10.1. The van der Waals surface area contributed by atoms with Gasteiger partial charge in [-0.2, -0.15) is 11.3 Å². The van der Waals surface area contributed by atoms with Gasteiger partial charge in [-0.25, -0.2) is 0 Å². The summed E-state index contributed by atoms with van der Waals surface area (Å²) in [6.45, 7) is 4.11. The Labute approximate surface area is 134 Å². The number of nitrogens with one attached hydrogen (secondary N) is 1. The lowest BCUT2D eigenvalue weighted by Crippen LogP contribution is -2.39. The number of ketones is 1. The normalized spacial score (nSPS) is 12.2. The molecule has 116 valence electrons. The number of thiophene rings is 1. The first-order valence-corrected chi connectivity index (χ1v) is 8.05. The Kier molecular flexibility index (Phi) is 5.46. The number of likely N-dealkylation sites (N-methyl/N-ethyl adjacent to an activating group) is 1. The highest BCUT2D eigenvalue weighted by Crippen LogP contribution is 2.14. The van der Waals surface area contributed by atoms with Crippen LogP contribution in [-0.4, -0.2) is 29.7 Å². The second-order valence-electron chi connectivity index (χ2n) is 5.35. The molecule has 1 N–H and O–H groups in total. The number of benzene rings is 1. The van der Waals surface area contributed by atoms with Crippen LogP contribution in [0.5, 0.6) is 0 Å². The fourth-order valence-electron chi connectivity index (χ4n) is 2.07. The smallest absolute Gasteiger partial charge is 0.241 e. The van der Waals surface area contributed by atoms with Crippen LogP contribution in [0.2, 0.25) is 0 Å². The van der Waals surface area contributed by atoms with E-state index in [0.29, 0.717) is 11.3 Å². The van der Waals surface area contributed by atoms with Gasteiger partial charge in [-0.1, -0.05) is 12.1 Å². The van der Waals surface area contributed by atoms with Crippen LogP contribution >= 0.6 is 11.3 Å². The molecule has 0 aliphatic rings. The zero-order valence-electron chi connectivity index (χ0n) is 13.0. The first-order chi connectivity index (χ1) is 10.5. The van der Waals surface area contributed by atoms with Crippen molar-refractivity contribution in [1.29, 1.82) is 0 Å². The zero-order valence-corrected chi connectivity index (χ0v) is 13.8. The number of anilines is 1. The van der Waals surface area contributed by atoms with E-state index in [1.807, 2.05) is 24.3 Å². The van der Waals surface area contributed by atoms with Crippen LogP contribution in [0.1, 0.15) is 29.8 Å². The maximum atomic E-state index is 12.3. The van der Waals surface area contributed by atoms with Crippen LogP contribution in [0.4, 0.5) is 5.69 Å². The molecular weight excluding hydrogens is 296 g/mol. The molecule has 0 fully saturated rings. The van der Waals surface area contributed by atoms with Crippen molar-refractivity contribution in [2.75, 3.05) is 12.4 Å². The molecule has 0 saturated carbocycles. The Bertz CT molecular complexity index is 652. The molecule has 0 aliphatic heterocycles. The Morgan fingerprint density at radius 2 is 2.09 bits per heavy atom. The average Bonchev–Trinajstić information content (AvgIpc) is 2.99. The van der Waals surface area contributed by atoms with Gasteiger partial charge >= 0.3 is 0 Å². The molecule has 0 saturated heterocycles. The maximum Gasteiger partial charge on any atom is 0.241 e. The predicted molar refractivity (Wildman–Crippen MR) is 90.3 cm³/mol. The van der Waals surface area contributed by atoms with Gasteiger partial charge < -0.3 is 5.32 Å². The molecular formula is C17H20N2O2S. The summed E-state index contributed by atoms with van der Waals surface area (Å²) >= 11 is 1.65. The predicted octanol–water partition coefficient (Wildman–Crippen LogP) is 3.41. The SMILES string of the molecule is CC(=O)c1cccc(NC(=O)[C@@H](C)N(C)Cc2ccsc2)c1. The summed E-state index contributed by atoms with van der Waals surface area (Å²) in [6.07, 6.45) is 0. The van der Waals surface area contributed by atoms with Crippen LogP contribution < -0.4 is 5.32 Å². The summed E-state index contributed by atoms with van der Waals surface area (Å²) in [6, 6.07) is 8.79. The first-order valence-electron chi connectivity index (χ1n) is 7.10. The molecule has 1 atom stereocenters. The van der Waals surface area contributed by atoms with Gasteiger partial charge in [0, 0.05) is 17.8 Å². The van der Waals surface area contributed by atoms with Gasteiger partial charge in [0.05, 0.1) is 6.04 Å². The van der Waals surface area contributed by atoms with Crippen molar-refractivity contribution in [3.63, 3.8) is 0 Å². The monoisotopic (exact) mass is 316 g/mol. The molecule has 1 heterocycles. The fourth-order valence-corrected chi connectivity index (χ4v) is 2.73. The van der Waals surface area contributed by atoms with E-state index >= 15 is 0 Å². The van der Waals surface area contributed by atoms with Crippen molar-refractivity contribution in [3.8, 4) is 0 Å². The molecule has 0 unspecified atom stereocenters. The summed E-state index contributed by atoms with van der Waals surface area (Å²) in [4.78, 5) is 25.7. The summed E-state index contributed by atoms with van der Waals surface area (Å²) in [7, 11) is 1.92. The molecule has 2 aromatic rings. The van der Waals surface area contributed by atoms with E-state index in [-0.39, 0.29) is 17.7 Å². The molecule has 1 amide bonds. The van der Waals surface area contributed by atoms with Crippen molar-refractivity contribution < 1.29 is 9.59 Å². The zero-order chi connectivity index (χ0) is 16.1. The fraction of sp³-hybridized carbons (Fsp3) is 0.294. The number of nitrogens with zero attached hydrogens (tertiary/aromatic N) is 1. The second-order valence-corrected chi connectivity index (χ2v) is 6.13. The molecule has 4 nitrogen and oxygen atoms in total. The van der Waals surface area contributed by atoms with Gasteiger partial charge in [-0.3, -0.25) is 14.5 Å². The van der Waals surface area contributed by atoms with E-state index < -0.39 is 0 Å². The van der Waals surface area contributed by atoms with Gasteiger partial charge in [0.25, 0.3) is 0 Å². The minimum atomic E-state index is -0.263. The number of carbonyl (C=O) groups is 2. The number of rotatable bonds is 6. The molecule has 5 heteroatoms. The van der Waals surface area contributed by atoms with Crippen LogP contribution in [-0.2, 0) is 11.3 Å². The number of carbonyl (C=O) groups excluding carboxylic acids is 2. The van der Waals surface area contributed by atoms with Crippen molar-refractivity contribution in [2.24, 2.45) is 0 Å². The summed E-state index contributed by atoms with van der Waals surface area (Å²) in [5.74, 6) is -0.0999. The van der Waals surface area contributed by atoms with Crippen molar-refractivity contribution >= 4 is 28.7 Å². The minimum Gasteiger partial charge on any atom is -0.325 e. The molecule has 1 aromatic heterocycles. The minimum absolute atomic E-state index is 0.0151. The Balaban J connectivity index is 1.98. The highest BCUT2D eigenvalue weighted by molar-refractivity contribution is 7.07. The summed E-state index contributed by atoms with van der Waals surface area (Å²) in [5, 5.41) is 6.98. The lowest BCUT2D eigenvalue weighted by Gasteiger charge is -2.23. The second kappa shape index (κ2) is 7.33. The van der Waals surface area contributed by atoms with Crippen LogP contribution in [0.15, 0.2) is 41.1 Å². The molecule has 0 aliphatic carbocycles. The Hall–Kier alpha value is -1.98. The number of hydrogen-bond acceptors (Lipinski definition) is 4. The number of amides is 1. The lowest BCUT2D eigenvalue weighted by molar-refractivity contribution is -0.120. The number of Topliss-reactive ketones (excluding diaryl/α,β-unsaturated/α-hetero) is 1. The van der Waals surface area contributed by atoms with Gasteiger partial charge in [-0.15, -0.1) is 0 Å². The molecule has 0 radical (unpaired) electrons. The Morgan fingerprint density at radius 3 is 2.73 bits per heavy atom. The maximum absolute atomic E-state index is 12.3. The van der Waals surface area contributed by atoms with Gasteiger partial charge in [0.1, 0.15) is 0 Å². The van der Waals surface area contributed by atoms with E-state index in [1.165, 1.54) is 12.5 Å². The van der Waals surface area contributed by atoms with Crippen molar-refractivity contribution in [1.82, 2.24) is 4.90 Å². The summed E-state index contributed by atoms with van der Waals surface area (Å²) in [5.41, 5.74) is 2.44. The highest BCUT2D eigenvalue weighted by atomic mass is 32.1. The van der Waals surface area contributed by atoms with Crippen LogP contribution in [0.25, 0.3) is 0 Å². The van der Waals surface area contributed by atoms with E-state index in [1.54, 1.807) is 35.6 Å². The third kappa shape index (κ3) is 4.26. The number of hydrogen-bond donors (Lipinski definition) is 1. The molecule has 0 bridgehead atoms. The topological polar surface area (TPSA) is 49.4 Å². The third-order valence-corrected chi connectivity index (χ3v) is 4.32. The van der Waals surface area contributed by atoms with Gasteiger partial charge in [0.15, 0.2) is 5.78 Å². The Morgan fingerprint density at radius 1 is 1.32 bits per heavy atom. The van der Waals surface area contributed by atoms with Gasteiger partial charge in [0.2, 0.25) is 5.91 Å². The van der Waals surface area contributed by atoms with Gasteiger partial charge in [-0.05, 0) is 55.4 Å². The van der Waals surface area contributed by atoms with Crippen molar-refractivity contribution in [3.05, 3.63) is 52.2 Å². The van der Waals surface area contributed by atoms with Crippen LogP contribution in [0, 0.1) is 0 Å². The quantitative estimate of drug-likeness (QED) is 0.831. The third-order valence-electron chi connectivity index (χ3n) is 3.59. The van der Waals surface area contributed by atoms with E-state index in [2.05, 4.69) is 16.8 Å². The van der Waals surface area contributed by atoms with Crippen molar-refractivity contribution in [2.45, 2.75) is 26.4 Å². The first kappa shape index (κ1) is 16.4. The van der Waals surface area contributed by atoms with E-state index in [9.17, 15) is 9.59 Å².